The summed E-state index contributed by atoms with van der Waals surface area (Å²) in [7, 11) is 0. The van der Waals surface area contributed by atoms with Crippen molar-refractivity contribution in [3.8, 4) is 0 Å². The van der Waals surface area contributed by atoms with E-state index >= 15 is 0 Å². The molecular formula is C6H11NO2S. The van der Waals surface area contributed by atoms with Gasteiger partial charge in [-0.2, -0.15) is 4.31 Å². The topological polar surface area (TPSA) is 29.5 Å². The fourth-order valence-corrected chi connectivity index (χ4v) is 2.64. The number of hydrogen-bond donors (Lipinski definition) is 0. The van der Waals surface area contributed by atoms with Crippen LogP contribution in [0, 0.1) is 0 Å². The molecule has 2 heterocycles. The molecule has 0 bridgehead atoms. The fraction of sp³-hybridized carbons (Fsp3) is 1.00. The molecule has 3 nitrogen and oxygen atoms in total. The minimum absolute atomic E-state index is 0.453. The lowest BCUT2D eigenvalue weighted by atomic mass is 10.1. The van der Waals surface area contributed by atoms with E-state index in [1.54, 1.807) is 0 Å². The highest BCUT2D eigenvalue weighted by Crippen LogP contribution is 2.24. The molecular weight excluding hydrogens is 150 g/mol. The van der Waals surface area contributed by atoms with Crippen molar-refractivity contribution < 1.29 is 8.39 Å². The summed E-state index contributed by atoms with van der Waals surface area (Å²) < 4.78 is 18.0. The molecule has 2 rings (SSSR count). The molecule has 0 N–H and O–H groups in total. The molecule has 0 amide bonds. The first-order chi connectivity index (χ1) is 4.88. The van der Waals surface area contributed by atoms with Crippen LogP contribution in [0.3, 0.4) is 0 Å². The van der Waals surface area contributed by atoms with E-state index in [2.05, 4.69) is 0 Å². The molecule has 10 heavy (non-hydrogen) atoms. The van der Waals surface area contributed by atoms with Gasteiger partial charge in [0.25, 0.3) is 0 Å². The van der Waals surface area contributed by atoms with Gasteiger partial charge in [-0.25, -0.2) is 4.21 Å². The Hall–Kier alpha value is 0.0700. The molecule has 1 unspecified atom stereocenters. The Kier molecular flexibility index (Phi) is 1.76. The zero-order valence-corrected chi connectivity index (χ0v) is 6.60. The van der Waals surface area contributed by atoms with Gasteiger partial charge in [-0.15, -0.1) is 0 Å². The molecule has 2 atom stereocenters. The zero-order valence-electron chi connectivity index (χ0n) is 5.78. The summed E-state index contributed by atoms with van der Waals surface area (Å²) in [6.07, 6.45) is 3.60. The second-order valence-electron chi connectivity index (χ2n) is 2.79. The van der Waals surface area contributed by atoms with Gasteiger partial charge in [0.05, 0.1) is 6.61 Å². The minimum Gasteiger partial charge on any atom is -0.276 e. The normalized spacial score (nSPS) is 41.6. The SMILES string of the molecule is O=[S@@]1OCC2CCCCN21. The molecule has 2 saturated heterocycles. The van der Waals surface area contributed by atoms with Gasteiger partial charge in [-0.05, 0) is 12.8 Å². The van der Waals surface area contributed by atoms with Crippen molar-refractivity contribution in [2.75, 3.05) is 13.2 Å². The number of nitrogens with zero attached hydrogens (tertiary/aromatic N) is 1. The predicted octanol–water partition coefficient (Wildman–Crippen LogP) is 0.450. The molecule has 2 aliphatic heterocycles. The summed E-state index contributed by atoms with van der Waals surface area (Å²) in [5.74, 6) is 0. The molecule has 0 aromatic carbocycles. The highest BCUT2D eigenvalue weighted by atomic mass is 32.2. The summed E-state index contributed by atoms with van der Waals surface area (Å²) in [5, 5.41) is 0. The average molecular weight is 161 g/mol. The van der Waals surface area contributed by atoms with Gasteiger partial charge in [0.15, 0.2) is 0 Å². The van der Waals surface area contributed by atoms with Crippen molar-refractivity contribution in [1.82, 2.24) is 4.31 Å². The number of hydrogen-bond acceptors (Lipinski definition) is 2. The first kappa shape index (κ1) is 6.76. The molecule has 0 aromatic rings. The molecule has 0 aliphatic carbocycles. The molecule has 0 spiro atoms. The smallest absolute Gasteiger partial charge is 0.237 e. The van der Waals surface area contributed by atoms with Crippen molar-refractivity contribution in [2.24, 2.45) is 0 Å². The molecule has 2 aliphatic rings. The Morgan fingerprint density at radius 2 is 2.40 bits per heavy atom. The molecule has 0 radical (unpaired) electrons. The second kappa shape index (κ2) is 2.60. The monoisotopic (exact) mass is 161 g/mol. The van der Waals surface area contributed by atoms with Crippen molar-refractivity contribution in [2.45, 2.75) is 25.3 Å². The van der Waals surface area contributed by atoms with Gasteiger partial charge in [0, 0.05) is 12.6 Å². The van der Waals surface area contributed by atoms with Crippen LogP contribution < -0.4 is 0 Å². The Labute approximate surface area is 63.1 Å². The van der Waals surface area contributed by atoms with E-state index in [9.17, 15) is 4.21 Å². The Balaban J connectivity index is 2.08. The Bertz CT molecular complexity index is 162. The lowest BCUT2D eigenvalue weighted by Gasteiger charge is -2.24. The average Bonchev–Trinajstić information content (AvgIpc) is 2.34. The van der Waals surface area contributed by atoms with Gasteiger partial charge in [-0.1, -0.05) is 6.42 Å². The van der Waals surface area contributed by atoms with Gasteiger partial charge in [-0.3, -0.25) is 4.18 Å². The van der Waals surface area contributed by atoms with E-state index in [4.69, 9.17) is 4.18 Å². The quantitative estimate of drug-likeness (QED) is 0.516. The van der Waals surface area contributed by atoms with E-state index in [1.807, 2.05) is 4.31 Å². The Morgan fingerprint density at radius 3 is 3.20 bits per heavy atom. The van der Waals surface area contributed by atoms with Crippen molar-refractivity contribution in [3.05, 3.63) is 0 Å². The van der Waals surface area contributed by atoms with Gasteiger partial charge in [0.2, 0.25) is 11.3 Å². The summed E-state index contributed by atoms with van der Waals surface area (Å²) >= 11 is -1.11. The van der Waals surface area contributed by atoms with E-state index < -0.39 is 11.3 Å². The van der Waals surface area contributed by atoms with E-state index in [0.717, 1.165) is 13.0 Å². The summed E-state index contributed by atoms with van der Waals surface area (Å²) in [5.41, 5.74) is 0. The van der Waals surface area contributed by atoms with Crippen molar-refractivity contribution >= 4 is 11.3 Å². The van der Waals surface area contributed by atoms with Crippen LogP contribution in [0.4, 0.5) is 0 Å². The third kappa shape index (κ3) is 1.00. The van der Waals surface area contributed by atoms with Crippen LogP contribution in [-0.4, -0.2) is 27.7 Å². The van der Waals surface area contributed by atoms with Crippen LogP contribution in [-0.2, 0) is 15.4 Å². The molecule has 4 heteroatoms. The van der Waals surface area contributed by atoms with Gasteiger partial charge >= 0.3 is 0 Å². The maximum atomic E-state index is 11.0. The van der Waals surface area contributed by atoms with Crippen LogP contribution in [0.5, 0.6) is 0 Å². The van der Waals surface area contributed by atoms with Crippen molar-refractivity contribution in [1.29, 1.82) is 0 Å². The lowest BCUT2D eigenvalue weighted by Crippen LogP contribution is -2.35. The van der Waals surface area contributed by atoms with E-state index in [1.165, 1.54) is 12.8 Å². The molecule has 2 fully saturated rings. The fourth-order valence-electron chi connectivity index (χ4n) is 1.54. The summed E-state index contributed by atoms with van der Waals surface area (Å²) in [6.45, 7) is 1.63. The van der Waals surface area contributed by atoms with Crippen LogP contribution >= 0.6 is 0 Å². The number of rotatable bonds is 0. The van der Waals surface area contributed by atoms with Crippen LogP contribution in [0.15, 0.2) is 0 Å². The largest absolute Gasteiger partial charge is 0.276 e. The van der Waals surface area contributed by atoms with E-state index in [-0.39, 0.29) is 0 Å². The second-order valence-corrected chi connectivity index (χ2v) is 3.93. The summed E-state index contributed by atoms with van der Waals surface area (Å²) in [4.78, 5) is 0. The first-order valence-electron chi connectivity index (χ1n) is 3.70. The van der Waals surface area contributed by atoms with Crippen LogP contribution in [0.1, 0.15) is 19.3 Å². The Morgan fingerprint density at radius 1 is 1.50 bits per heavy atom. The number of piperidine rings is 1. The van der Waals surface area contributed by atoms with Gasteiger partial charge < -0.3 is 0 Å². The van der Waals surface area contributed by atoms with E-state index in [0.29, 0.717) is 12.6 Å². The van der Waals surface area contributed by atoms with Crippen LogP contribution in [0.2, 0.25) is 0 Å². The zero-order chi connectivity index (χ0) is 6.97. The third-order valence-corrected chi connectivity index (χ3v) is 3.33. The summed E-state index contributed by atoms with van der Waals surface area (Å²) in [6, 6.07) is 0.453. The standard InChI is InChI=1S/C6H11NO2S/c8-10-7-4-2-1-3-6(7)5-9-10/h6H,1-5H2/t6?,10-/m1/s1. The minimum atomic E-state index is -1.11. The molecule has 0 saturated carbocycles. The highest BCUT2D eigenvalue weighted by molar-refractivity contribution is 7.78. The van der Waals surface area contributed by atoms with Gasteiger partial charge in [0.1, 0.15) is 0 Å². The molecule has 0 aromatic heterocycles. The first-order valence-corrected chi connectivity index (χ1v) is 4.73. The maximum absolute atomic E-state index is 11.0. The highest BCUT2D eigenvalue weighted by Gasteiger charge is 2.33. The predicted molar refractivity (Wildman–Crippen MR) is 38.4 cm³/mol. The van der Waals surface area contributed by atoms with Crippen LogP contribution in [0.25, 0.3) is 0 Å². The third-order valence-electron chi connectivity index (χ3n) is 2.13. The maximum Gasteiger partial charge on any atom is 0.237 e. The lowest BCUT2D eigenvalue weighted by molar-refractivity contribution is 0.257. The number of fused-ring (bicyclic) bond motifs is 1. The molecule has 58 valence electrons. The van der Waals surface area contributed by atoms with Crippen molar-refractivity contribution in [3.63, 3.8) is 0 Å².